The van der Waals surface area contributed by atoms with Crippen molar-refractivity contribution in [3.8, 4) is 0 Å². The lowest BCUT2D eigenvalue weighted by molar-refractivity contribution is 0.00757. The van der Waals surface area contributed by atoms with Gasteiger partial charge in [0.25, 0.3) is 0 Å². The Morgan fingerprint density at radius 1 is 1.26 bits per heavy atom. The van der Waals surface area contributed by atoms with E-state index in [-0.39, 0.29) is 17.6 Å². The van der Waals surface area contributed by atoms with Crippen LogP contribution in [0.25, 0.3) is 0 Å². The van der Waals surface area contributed by atoms with E-state index in [9.17, 15) is 4.79 Å². The number of rotatable bonds is 5. The number of likely N-dealkylation sites (tertiary alicyclic amines) is 1. The molecule has 0 aromatic rings. The van der Waals surface area contributed by atoms with Gasteiger partial charge in [-0.1, -0.05) is 34.6 Å². The highest BCUT2D eigenvalue weighted by atomic mass is 16.5. The number of likely N-dealkylation sites (N-methyl/N-ethyl adjacent to an activating group) is 1. The highest BCUT2D eigenvalue weighted by Gasteiger charge is 2.37. The standard InChI is InChI=1S/C18H35N3O2/c1-6-20(7-2)15-8-10-21(13-15)17(22)19-12-14-9-11-23-16(14)18(3,4)5/h14-16H,6-13H2,1-5H3,(H,19,22)/t14-,15+,16-/m0/s1. The number of carbonyl (C=O) groups excluding carboxylic acids is 1. The lowest BCUT2D eigenvalue weighted by Gasteiger charge is -2.31. The van der Waals surface area contributed by atoms with Crippen molar-refractivity contribution in [1.82, 2.24) is 15.1 Å². The molecule has 2 amide bonds. The number of nitrogens with one attached hydrogen (secondary N) is 1. The van der Waals surface area contributed by atoms with Crippen LogP contribution in [0.4, 0.5) is 4.79 Å². The number of carbonyl (C=O) groups is 1. The number of urea groups is 1. The van der Waals surface area contributed by atoms with Crippen LogP contribution in [-0.4, -0.2) is 67.3 Å². The molecule has 2 fully saturated rings. The summed E-state index contributed by atoms with van der Waals surface area (Å²) >= 11 is 0. The predicted molar refractivity (Wildman–Crippen MR) is 93.6 cm³/mol. The summed E-state index contributed by atoms with van der Waals surface area (Å²) in [6.07, 6.45) is 2.38. The van der Waals surface area contributed by atoms with Crippen LogP contribution in [-0.2, 0) is 4.74 Å². The van der Waals surface area contributed by atoms with Crippen LogP contribution in [0.15, 0.2) is 0 Å². The second-order valence-electron chi connectivity index (χ2n) is 8.00. The summed E-state index contributed by atoms with van der Waals surface area (Å²) in [5.74, 6) is 0.431. The highest BCUT2D eigenvalue weighted by Crippen LogP contribution is 2.34. The van der Waals surface area contributed by atoms with Crippen molar-refractivity contribution in [2.45, 2.75) is 59.6 Å². The third-order valence-electron chi connectivity index (χ3n) is 5.36. The van der Waals surface area contributed by atoms with Crippen molar-refractivity contribution in [3.05, 3.63) is 0 Å². The van der Waals surface area contributed by atoms with Gasteiger partial charge in [-0.15, -0.1) is 0 Å². The molecule has 5 heteroatoms. The Balaban J connectivity index is 1.79. The van der Waals surface area contributed by atoms with E-state index in [2.05, 4.69) is 44.8 Å². The maximum absolute atomic E-state index is 12.5. The molecular weight excluding hydrogens is 290 g/mol. The minimum absolute atomic E-state index is 0.0965. The molecule has 3 atom stereocenters. The Morgan fingerprint density at radius 3 is 2.57 bits per heavy atom. The van der Waals surface area contributed by atoms with Crippen LogP contribution in [0.2, 0.25) is 0 Å². The van der Waals surface area contributed by atoms with Gasteiger partial charge in [0.2, 0.25) is 0 Å². The Bertz CT molecular complexity index is 390. The lowest BCUT2D eigenvalue weighted by atomic mass is 9.81. The van der Waals surface area contributed by atoms with E-state index in [0.717, 1.165) is 52.2 Å². The van der Waals surface area contributed by atoms with Gasteiger partial charge in [-0.05, 0) is 31.3 Å². The van der Waals surface area contributed by atoms with Crippen LogP contribution in [0.1, 0.15) is 47.5 Å². The third-order valence-corrected chi connectivity index (χ3v) is 5.36. The average Bonchev–Trinajstić information content (AvgIpc) is 3.15. The van der Waals surface area contributed by atoms with Crippen molar-refractivity contribution in [1.29, 1.82) is 0 Å². The smallest absolute Gasteiger partial charge is 0.317 e. The Hall–Kier alpha value is -0.810. The molecule has 2 aliphatic rings. The number of amides is 2. The van der Waals surface area contributed by atoms with E-state index in [0.29, 0.717) is 12.0 Å². The van der Waals surface area contributed by atoms with Crippen LogP contribution in [0, 0.1) is 11.3 Å². The van der Waals surface area contributed by atoms with Gasteiger partial charge in [-0.25, -0.2) is 4.79 Å². The molecule has 0 saturated carbocycles. The van der Waals surface area contributed by atoms with E-state index in [1.807, 2.05) is 4.90 Å². The fourth-order valence-corrected chi connectivity index (χ4v) is 4.09. The first kappa shape index (κ1) is 18.5. The predicted octanol–water partition coefficient (Wildman–Crippen LogP) is 2.56. The zero-order valence-corrected chi connectivity index (χ0v) is 15.6. The van der Waals surface area contributed by atoms with E-state index in [1.54, 1.807) is 0 Å². The molecule has 23 heavy (non-hydrogen) atoms. The molecule has 0 unspecified atom stereocenters. The Labute approximate surface area is 141 Å². The Morgan fingerprint density at radius 2 is 1.96 bits per heavy atom. The second-order valence-corrected chi connectivity index (χ2v) is 8.00. The molecule has 0 aliphatic carbocycles. The van der Waals surface area contributed by atoms with Gasteiger partial charge in [0.1, 0.15) is 0 Å². The molecule has 0 aromatic carbocycles. The van der Waals surface area contributed by atoms with Crippen LogP contribution in [0.5, 0.6) is 0 Å². The Kier molecular flexibility index (Phi) is 6.32. The number of hydrogen-bond acceptors (Lipinski definition) is 3. The minimum atomic E-state index is 0.0965. The molecule has 0 aromatic heterocycles. The molecule has 1 N–H and O–H groups in total. The summed E-state index contributed by atoms with van der Waals surface area (Å²) < 4.78 is 5.89. The van der Waals surface area contributed by atoms with E-state index < -0.39 is 0 Å². The van der Waals surface area contributed by atoms with Gasteiger partial charge >= 0.3 is 6.03 Å². The molecule has 0 spiro atoms. The molecule has 2 saturated heterocycles. The quantitative estimate of drug-likeness (QED) is 0.845. The number of hydrogen-bond donors (Lipinski definition) is 1. The van der Waals surface area contributed by atoms with Gasteiger partial charge in [0.05, 0.1) is 6.10 Å². The minimum Gasteiger partial charge on any atom is -0.377 e. The molecule has 2 rings (SSSR count). The summed E-state index contributed by atoms with van der Waals surface area (Å²) in [7, 11) is 0. The second kappa shape index (κ2) is 7.84. The third kappa shape index (κ3) is 4.60. The topological polar surface area (TPSA) is 44.8 Å². The maximum atomic E-state index is 12.5. The van der Waals surface area contributed by atoms with Gasteiger partial charge in [-0.3, -0.25) is 4.90 Å². The van der Waals surface area contributed by atoms with Crippen LogP contribution in [0.3, 0.4) is 0 Å². The van der Waals surface area contributed by atoms with Crippen LogP contribution >= 0.6 is 0 Å². The first-order chi connectivity index (χ1) is 10.9. The number of nitrogens with zero attached hydrogens (tertiary/aromatic N) is 2. The average molecular weight is 325 g/mol. The largest absolute Gasteiger partial charge is 0.377 e. The fraction of sp³-hybridized carbons (Fsp3) is 0.944. The fourth-order valence-electron chi connectivity index (χ4n) is 4.09. The summed E-state index contributed by atoms with van der Waals surface area (Å²) in [6, 6.07) is 0.618. The SMILES string of the molecule is CCN(CC)[C@@H]1CCN(C(=O)NC[C@@H]2CCO[C@@H]2C(C)(C)C)C1. The summed E-state index contributed by atoms with van der Waals surface area (Å²) in [5.41, 5.74) is 0.132. The molecule has 2 aliphatic heterocycles. The highest BCUT2D eigenvalue weighted by molar-refractivity contribution is 5.74. The van der Waals surface area contributed by atoms with Crippen molar-refractivity contribution in [2.24, 2.45) is 11.3 Å². The van der Waals surface area contributed by atoms with Crippen molar-refractivity contribution < 1.29 is 9.53 Å². The van der Waals surface area contributed by atoms with Crippen molar-refractivity contribution >= 4 is 6.03 Å². The lowest BCUT2D eigenvalue weighted by Crippen LogP contribution is -2.45. The molecule has 134 valence electrons. The van der Waals surface area contributed by atoms with Gasteiger partial charge < -0.3 is 15.0 Å². The molecule has 0 bridgehead atoms. The first-order valence-corrected chi connectivity index (χ1v) is 9.25. The van der Waals surface area contributed by atoms with Crippen molar-refractivity contribution in [3.63, 3.8) is 0 Å². The molecule has 0 radical (unpaired) electrons. The van der Waals surface area contributed by atoms with Gasteiger partial charge in [-0.2, -0.15) is 0 Å². The van der Waals surface area contributed by atoms with E-state index in [1.165, 1.54) is 0 Å². The monoisotopic (exact) mass is 325 g/mol. The van der Waals surface area contributed by atoms with E-state index in [4.69, 9.17) is 4.74 Å². The maximum Gasteiger partial charge on any atom is 0.317 e. The summed E-state index contributed by atoms with van der Waals surface area (Å²) in [5, 5.41) is 3.15. The van der Waals surface area contributed by atoms with E-state index >= 15 is 0 Å². The first-order valence-electron chi connectivity index (χ1n) is 9.25. The summed E-state index contributed by atoms with van der Waals surface area (Å²) in [6.45, 7) is 16.4. The zero-order valence-electron chi connectivity index (χ0n) is 15.6. The molecule has 5 nitrogen and oxygen atoms in total. The number of ether oxygens (including phenoxy) is 1. The normalized spacial score (nSPS) is 28.6. The zero-order chi connectivity index (χ0) is 17.0. The van der Waals surface area contributed by atoms with Gasteiger partial charge in [0, 0.05) is 38.2 Å². The van der Waals surface area contributed by atoms with Crippen LogP contribution < -0.4 is 5.32 Å². The summed E-state index contributed by atoms with van der Waals surface area (Å²) in [4.78, 5) is 16.9. The van der Waals surface area contributed by atoms with Gasteiger partial charge in [0.15, 0.2) is 0 Å². The molecular formula is C18H35N3O2. The van der Waals surface area contributed by atoms with Crippen molar-refractivity contribution in [2.75, 3.05) is 39.3 Å². The molecule has 2 heterocycles.